The van der Waals surface area contributed by atoms with Crippen LogP contribution in [0.5, 0.6) is 0 Å². The van der Waals surface area contributed by atoms with E-state index >= 15 is 0 Å². The topological polar surface area (TPSA) is 43.1 Å². The number of ketones is 1. The van der Waals surface area contributed by atoms with Gasteiger partial charge in [-0.05, 0) is 27.5 Å². The highest BCUT2D eigenvalue weighted by Crippen LogP contribution is 2.30. The largest absolute Gasteiger partial charge is 0.398 e. The molecule has 0 fully saturated rings. The van der Waals surface area contributed by atoms with Crippen molar-refractivity contribution >= 4 is 11.5 Å². The van der Waals surface area contributed by atoms with Gasteiger partial charge in [-0.2, -0.15) is 0 Å². The molecule has 0 saturated heterocycles. The molecule has 1 aliphatic rings. The van der Waals surface area contributed by atoms with E-state index in [1.807, 2.05) is 54.6 Å². The van der Waals surface area contributed by atoms with Crippen molar-refractivity contribution in [2.45, 2.75) is 52.4 Å². The molecule has 2 aromatic rings. The van der Waals surface area contributed by atoms with Crippen molar-refractivity contribution in [1.82, 2.24) is 0 Å². The Balaban J connectivity index is 1.90. The fraction of sp³-hybridized carbons (Fsp3) is 0.296. The maximum atomic E-state index is 13.1. The normalized spacial score (nSPS) is 16.0. The smallest absolute Gasteiger partial charge is 0.193 e. The summed E-state index contributed by atoms with van der Waals surface area (Å²) in [4.78, 5) is 13.1. The van der Waals surface area contributed by atoms with Crippen molar-refractivity contribution in [1.29, 1.82) is 0 Å². The van der Waals surface area contributed by atoms with Gasteiger partial charge in [0.1, 0.15) is 0 Å². The Hall–Kier alpha value is -2.87. The standard InChI is InChI=1S/C27H31NO/c1-26(2,3)20-14-10-18(11-15-20)24(28)22-8-7-9-23(22)25(29)19-12-16-21(17-13-19)27(4,5)6/h7-17H,28H2,1-6H3/b24-22-. The van der Waals surface area contributed by atoms with E-state index in [1.54, 1.807) is 0 Å². The van der Waals surface area contributed by atoms with E-state index in [1.165, 1.54) is 11.1 Å². The van der Waals surface area contributed by atoms with Gasteiger partial charge in [0.2, 0.25) is 0 Å². The summed E-state index contributed by atoms with van der Waals surface area (Å²) in [6.45, 7) is 13.1. The average Bonchev–Trinajstić information content (AvgIpc) is 3.15. The predicted octanol–water partition coefficient (Wildman–Crippen LogP) is 6.33. The molecule has 3 rings (SSSR count). The van der Waals surface area contributed by atoms with Crippen LogP contribution >= 0.6 is 0 Å². The van der Waals surface area contributed by atoms with Crippen LogP contribution < -0.4 is 5.73 Å². The molecule has 2 heteroatoms. The van der Waals surface area contributed by atoms with Crippen molar-refractivity contribution in [3.05, 3.63) is 100 Å². The first kappa shape index (κ1) is 20.9. The van der Waals surface area contributed by atoms with E-state index in [2.05, 4.69) is 53.7 Å². The maximum Gasteiger partial charge on any atom is 0.193 e. The summed E-state index contributed by atoms with van der Waals surface area (Å²) in [5.74, 6) is -0.000258. The molecule has 2 aromatic carbocycles. The van der Waals surface area contributed by atoms with Gasteiger partial charge < -0.3 is 5.73 Å². The number of allylic oxidation sites excluding steroid dienone is 5. The van der Waals surface area contributed by atoms with Crippen molar-refractivity contribution in [2.24, 2.45) is 5.73 Å². The van der Waals surface area contributed by atoms with E-state index in [0.29, 0.717) is 16.8 Å². The van der Waals surface area contributed by atoms with Crippen LogP contribution in [0.3, 0.4) is 0 Å². The monoisotopic (exact) mass is 385 g/mol. The molecular weight excluding hydrogens is 354 g/mol. The molecule has 0 heterocycles. The number of hydrogen-bond acceptors (Lipinski definition) is 2. The van der Waals surface area contributed by atoms with Gasteiger partial charge in [0.05, 0.1) is 0 Å². The molecule has 2 nitrogen and oxygen atoms in total. The van der Waals surface area contributed by atoms with Gasteiger partial charge in [-0.1, -0.05) is 108 Å². The van der Waals surface area contributed by atoms with E-state index in [-0.39, 0.29) is 16.6 Å². The lowest BCUT2D eigenvalue weighted by atomic mass is 9.85. The fourth-order valence-corrected chi connectivity index (χ4v) is 3.44. The SMILES string of the molecule is CC(C)(C)c1ccc(C(=O)C2=CC=C/C2=C(/N)c2ccc(C(C)(C)C)cc2)cc1. The molecule has 1 aliphatic carbocycles. The van der Waals surface area contributed by atoms with E-state index in [9.17, 15) is 4.79 Å². The first-order chi connectivity index (χ1) is 13.5. The third-order valence-corrected chi connectivity index (χ3v) is 5.43. The predicted molar refractivity (Wildman–Crippen MR) is 123 cm³/mol. The van der Waals surface area contributed by atoms with Gasteiger partial charge in [0.15, 0.2) is 5.78 Å². The molecule has 0 amide bonds. The van der Waals surface area contributed by atoms with Crippen LogP contribution in [-0.4, -0.2) is 5.78 Å². The zero-order valence-corrected chi connectivity index (χ0v) is 18.3. The first-order valence-electron chi connectivity index (χ1n) is 10.1. The minimum Gasteiger partial charge on any atom is -0.398 e. The highest BCUT2D eigenvalue weighted by atomic mass is 16.1. The molecule has 0 atom stereocenters. The maximum absolute atomic E-state index is 13.1. The van der Waals surface area contributed by atoms with Crippen LogP contribution in [0.25, 0.3) is 5.70 Å². The Bertz CT molecular complexity index is 1000. The second-order valence-electron chi connectivity index (χ2n) is 9.75. The van der Waals surface area contributed by atoms with Crippen molar-refractivity contribution in [3.63, 3.8) is 0 Å². The molecule has 29 heavy (non-hydrogen) atoms. The van der Waals surface area contributed by atoms with Crippen LogP contribution in [0.2, 0.25) is 0 Å². The van der Waals surface area contributed by atoms with Gasteiger partial charge in [-0.15, -0.1) is 0 Å². The Morgan fingerprint density at radius 1 is 0.724 bits per heavy atom. The van der Waals surface area contributed by atoms with E-state index in [0.717, 1.165) is 11.1 Å². The third kappa shape index (κ3) is 4.42. The van der Waals surface area contributed by atoms with Gasteiger partial charge in [-0.3, -0.25) is 4.79 Å². The van der Waals surface area contributed by atoms with Gasteiger partial charge in [0, 0.05) is 22.4 Å². The molecule has 0 unspecified atom stereocenters. The summed E-state index contributed by atoms with van der Waals surface area (Å²) in [5, 5.41) is 0. The summed E-state index contributed by atoms with van der Waals surface area (Å²) in [6, 6.07) is 16.2. The summed E-state index contributed by atoms with van der Waals surface area (Å²) < 4.78 is 0. The van der Waals surface area contributed by atoms with Gasteiger partial charge >= 0.3 is 0 Å². The molecule has 150 valence electrons. The molecular formula is C27H31NO. The Labute approximate surface area is 174 Å². The van der Waals surface area contributed by atoms with Crippen LogP contribution in [0, 0.1) is 0 Å². The van der Waals surface area contributed by atoms with Crippen LogP contribution in [0.1, 0.15) is 68.6 Å². The Morgan fingerprint density at radius 3 is 1.62 bits per heavy atom. The molecule has 2 N–H and O–H groups in total. The van der Waals surface area contributed by atoms with Crippen molar-refractivity contribution < 1.29 is 4.79 Å². The van der Waals surface area contributed by atoms with Gasteiger partial charge in [0.25, 0.3) is 0 Å². The summed E-state index contributed by atoms with van der Waals surface area (Å²) in [7, 11) is 0. The first-order valence-corrected chi connectivity index (χ1v) is 10.1. The average molecular weight is 386 g/mol. The summed E-state index contributed by atoms with van der Waals surface area (Å²) in [6.07, 6.45) is 5.66. The zero-order chi connectivity index (χ0) is 21.4. The Morgan fingerprint density at radius 2 is 1.17 bits per heavy atom. The molecule has 0 saturated carbocycles. The number of carbonyl (C=O) groups excluding carboxylic acids is 1. The van der Waals surface area contributed by atoms with E-state index < -0.39 is 0 Å². The van der Waals surface area contributed by atoms with Gasteiger partial charge in [-0.25, -0.2) is 0 Å². The number of hydrogen-bond donors (Lipinski definition) is 1. The number of rotatable bonds is 3. The Kier molecular flexibility index (Phi) is 5.40. The van der Waals surface area contributed by atoms with Crippen molar-refractivity contribution in [3.8, 4) is 0 Å². The number of nitrogens with two attached hydrogens (primary N) is 1. The zero-order valence-electron chi connectivity index (χ0n) is 18.3. The lowest BCUT2D eigenvalue weighted by molar-refractivity contribution is 0.103. The molecule has 0 aromatic heterocycles. The van der Waals surface area contributed by atoms with Crippen LogP contribution in [-0.2, 0) is 10.8 Å². The number of carbonyl (C=O) groups is 1. The second-order valence-corrected chi connectivity index (χ2v) is 9.75. The lowest BCUT2D eigenvalue weighted by Crippen LogP contribution is -2.13. The van der Waals surface area contributed by atoms with E-state index in [4.69, 9.17) is 5.73 Å². The highest BCUT2D eigenvalue weighted by Gasteiger charge is 2.22. The molecule has 0 radical (unpaired) electrons. The summed E-state index contributed by atoms with van der Waals surface area (Å²) >= 11 is 0. The number of benzene rings is 2. The second kappa shape index (κ2) is 7.51. The minimum atomic E-state index is -0.000258. The highest BCUT2D eigenvalue weighted by molar-refractivity contribution is 6.14. The minimum absolute atomic E-state index is 0.000258. The van der Waals surface area contributed by atoms with Crippen LogP contribution in [0.4, 0.5) is 0 Å². The lowest BCUT2D eigenvalue weighted by Gasteiger charge is -2.20. The molecule has 0 bridgehead atoms. The molecule has 0 aliphatic heterocycles. The quantitative estimate of drug-likeness (QED) is 0.627. The summed E-state index contributed by atoms with van der Waals surface area (Å²) in [5.41, 5.74) is 12.8. The fourth-order valence-electron chi connectivity index (χ4n) is 3.44. The third-order valence-electron chi connectivity index (χ3n) is 5.43. The van der Waals surface area contributed by atoms with Crippen LogP contribution in [0.15, 0.2) is 77.9 Å². The molecule has 0 spiro atoms. The number of Topliss-reactive ketones (excluding diaryl/α,β-unsaturated/α-hetero) is 1. The van der Waals surface area contributed by atoms with Crippen molar-refractivity contribution in [2.75, 3.05) is 0 Å².